The first kappa shape index (κ1) is 16.7. The molecule has 4 atom stereocenters. The average Bonchev–Trinajstić information content (AvgIpc) is 2.50. The quantitative estimate of drug-likeness (QED) is 0.865. The summed E-state index contributed by atoms with van der Waals surface area (Å²) < 4.78 is 13.0. The van der Waals surface area contributed by atoms with Crippen molar-refractivity contribution in [2.24, 2.45) is 5.92 Å². The van der Waals surface area contributed by atoms with Crippen molar-refractivity contribution in [2.45, 2.75) is 63.5 Å². The van der Waals surface area contributed by atoms with Crippen LogP contribution in [0.15, 0.2) is 24.3 Å². The van der Waals surface area contributed by atoms with Crippen LogP contribution in [0.25, 0.3) is 0 Å². The molecule has 1 aromatic rings. The molecule has 0 aromatic heterocycles. The van der Waals surface area contributed by atoms with Gasteiger partial charge >= 0.3 is 0 Å². The number of rotatable bonds is 6. The molecule has 0 bridgehead atoms. The maximum Gasteiger partial charge on any atom is 0.0548 e. The number of hydrogen-bond donors (Lipinski definition) is 1. The van der Waals surface area contributed by atoms with E-state index in [1.54, 1.807) is 0 Å². The second-order valence-electron chi connectivity index (χ2n) is 6.49. The number of benzene rings is 1. The van der Waals surface area contributed by atoms with E-state index in [-0.39, 0.29) is 16.5 Å². The minimum atomic E-state index is -0.785. The van der Waals surface area contributed by atoms with Gasteiger partial charge in [0.15, 0.2) is 0 Å². The molecular formula is C18H29NOS. The number of fused-ring (bicyclic) bond motifs is 1. The summed E-state index contributed by atoms with van der Waals surface area (Å²) in [4.78, 5) is 0. The number of aryl methyl sites for hydroxylation is 1. The Balaban J connectivity index is 2.27. The van der Waals surface area contributed by atoms with Gasteiger partial charge in [0.05, 0.1) is 5.25 Å². The summed E-state index contributed by atoms with van der Waals surface area (Å²) >= 11 is 0. The second-order valence-corrected chi connectivity index (χ2v) is 8.49. The van der Waals surface area contributed by atoms with E-state index >= 15 is 0 Å². The number of nitrogens with one attached hydrogen (secondary N) is 1. The van der Waals surface area contributed by atoms with E-state index in [1.807, 2.05) is 0 Å². The first-order chi connectivity index (χ1) is 10.1. The molecular weight excluding hydrogens is 278 g/mol. The van der Waals surface area contributed by atoms with Crippen molar-refractivity contribution in [2.75, 3.05) is 6.54 Å². The Morgan fingerprint density at radius 2 is 2.00 bits per heavy atom. The zero-order chi connectivity index (χ0) is 15.4. The molecule has 0 saturated heterocycles. The lowest BCUT2D eigenvalue weighted by Crippen LogP contribution is -2.42. The van der Waals surface area contributed by atoms with Gasteiger partial charge in [-0.25, -0.2) is 0 Å². The predicted molar refractivity (Wildman–Crippen MR) is 92.0 cm³/mol. The zero-order valence-corrected chi connectivity index (χ0v) is 14.6. The Morgan fingerprint density at radius 1 is 1.29 bits per heavy atom. The van der Waals surface area contributed by atoms with E-state index < -0.39 is 10.8 Å². The van der Waals surface area contributed by atoms with Crippen LogP contribution in [0.1, 0.15) is 57.7 Å². The molecule has 1 aliphatic carbocycles. The van der Waals surface area contributed by atoms with Crippen molar-refractivity contribution < 1.29 is 4.21 Å². The summed E-state index contributed by atoms with van der Waals surface area (Å²) in [5, 5.41) is 4.15. The molecule has 21 heavy (non-hydrogen) atoms. The van der Waals surface area contributed by atoms with Crippen LogP contribution in [-0.4, -0.2) is 21.3 Å². The third-order valence-electron chi connectivity index (χ3n) is 4.68. The molecule has 2 rings (SSSR count). The molecule has 1 N–H and O–H groups in total. The SMILES string of the molecule is CCCNC1c2ccccc2CCC1S(=O)C(C)C(C)C. The van der Waals surface area contributed by atoms with Crippen LogP contribution in [0, 0.1) is 5.92 Å². The molecule has 3 heteroatoms. The Kier molecular flexibility index (Phi) is 6.00. The van der Waals surface area contributed by atoms with E-state index in [2.05, 4.69) is 57.3 Å². The largest absolute Gasteiger partial charge is 0.309 e. The van der Waals surface area contributed by atoms with Gasteiger partial charge in [0.2, 0.25) is 0 Å². The first-order valence-corrected chi connectivity index (χ1v) is 9.54. The molecule has 4 unspecified atom stereocenters. The fourth-order valence-electron chi connectivity index (χ4n) is 3.07. The van der Waals surface area contributed by atoms with E-state index in [0.29, 0.717) is 5.92 Å². The van der Waals surface area contributed by atoms with E-state index in [0.717, 1.165) is 25.8 Å². The summed E-state index contributed by atoms with van der Waals surface area (Å²) in [6, 6.07) is 8.91. The molecule has 0 fully saturated rings. The zero-order valence-electron chi connectivity index (χ0n) is 13.8. The van der Waals surface area contributed by atoms with E-state index in [9.17, 15) is 4.21 Å². The summed E-state index contributed by atoms with van der Waals surface area (Å²) in [5.74, 6) is 0.467. The van der Waals surface area contributed by atoms with Crippen molar-refractivity contribution in [1.82, 2.24) is 5.32 Å². The molecule has 0 saturated carbocycles. The highest BCUT2D eigenvalue weighted by Crippen LogP contribution is 2.34. The maximum absolute atomic E-state index is 13.0. The molecule has 0 amide bonds. The van der Waals surface area contributed by atoms with Gasteiger partial charge < -0.3 is 5.32 Å². The van der Waals surface area contributed by atoms with Gasteiger partial charge in [-0.2, -0.15) is 0 Å². The lowest BCUT2D eigenvalue weighted by atomic mass is 9.87. The second kappa shape index (κ2) is 7.55. The highest BCUT2D eigenvalue weighted by Gasteiger charge is 2.35. The molecule has 2 nitrogen and oxygen atoms in total. The van der Waals surface area contributed by atoms with Crippen molar-refractivity contribution in [3.05, 3.63) is 35.4 Å². The first-order valence-electron chi connectivity index (χ1n) is 8.26. The summed E-state index contributed by atoms with van der Waals surface area (Å²) in [6.45, 7) is 9.66. The molecule has 1 aliphatic rings. The van der Waals surface area contributed by atoms with Crippen LogP contribution < -0.4 is 5.32 Å². The third-order valence-corrected chi connectivity index (χ3v) is 7.06. The van der Waals surface area contributed by atoms with Crippen LogP contribution in [0.4, 0.5) is 0 Å². The highest BCUT2D eigenvalue weighted by molar-refractivity contribution is 7.86. The van der Waals surface area contributed by atoms with Gasteiger partial charge in [-0.05, 0) is 42.9 Å². The fourth-order valence-corrected chi connectivity index (χ4v) is 5.01. The van der Waals surface area contributed by atoms with Crippen LogP contribution in [-0.2, 0) is 17.2 Å². The van der Waals surface area contributed by atoms with Gasteiger partial charge in [-0.15, -0.1) is 0 Å². The monoisotopic (exact) mass is 307 g/mol. The fraction of sp³-hybridized carbons (Fsp3) is 0.667. The Labute approximate surface area is 132 Å². The van der Waals surface area contributed by atoms with Gasteiger partial charge in [0.25, 0.3) is 0 Å². The standard InChI is InChI=1S/C18H29NOS/c1-5-12-19-18-16-9-7-6-8-15(16)10-11-17(18)21(20)14(4)13(2)3/h6-9,13-14,17-19H,5,10-12H2,1-4H3. The van der Waals surface area contributed by atoms with Crippen molar-refractivity contribution in [1.29, 1.82) is 0 Å². The Hall–Kier alpha value is -0.670. The minimum absolute atomic E-state index is 0.240. The van der Waals surface area contributed by atoms with Gasteiger partial charge in [0, 0.05) is 22.1 Å². The van der Waals surface area contributed by atoms with E-state index in [4.69, 9.17) is 0 Å². The molecule has 0 heterocycles. The molecule has 1 aromatic carbocycles. The lowest BCUT2D eigenvalue weighted by Gasteiger charge is -2.36. The summed E-state index contributed by atoms with van der Waals surface area (Å²) in [7, 11) is -0.785. The van der Waals surface area contributed by atoms with Crippen LogP contribution >= 0.6 is 0 Å². The Bertz CT molecular complexity index is 486. The molecule has 118 valence electrons. The predicted octanol–water partition coefficient (Wildman–Crippen LogP) is 3.84. The van der Waals surface area contributed by atoms with Crippen molar-refractivity contribution in [3.8, 4) is 0 Å². The summed E-state index contributed by atoms with van der Waals surface area (Å²) in [5.41, 5.74) is 2.79. The van der Waals surface area contributed by atoms with Gasteiger partial charge in [0.1, 0.15) is 0 Å². The number of hydrogen-bond acceptors (Lipinski definition) is 2. The minimum Gasteiger partial charge on any atom is -0.309 e. The normalized spacial score (nSPS) is 24.6. The van der Waals surface area contributed by atoms with Crippen molar-refractivity contribution >= 4 is 10.8 Å². The smallest absolute Gasteiger partial charge is 0.0548 e. The lowest BCUT2D eigenvalue weighted by molar-refractivity contribution is 0.457. The van der Waals surface area contributed by atoms with E-state index in [1.165, 1.54) is 11.1 Å². The topological polar surface area (TPSA) is 29.1 Å². The maximum atomic E-state index is 13.0. The molecule has 0 spiro atoms. The van der Waals surface area contributed by atoms with Gasteiger partial charge in [-0.3, -0.25) is 4.21 Å². The van der Waals surface area contributed by atoms with Gasteiger partial charge in [-0.1, -0.05) is 52.0 Å². The summed E-state index contributed by atoms with van der Waals surface area (Å²) in [6.07, 6.45) is 3.20. The molecule has 0 aliphatic heterocycles. The molecule has 0 radical (unpaired) electrons. The third kappa shape index (κ3) is 3.75. The van der Waals surface area contributed by atoms with Crippen LogP contribution in [0.5, 0.6) is 0 Å². The van der Waals surface area contributed by atoms with Crippen LogP contribution in [0.2, 0.25) is 0 Å². The Morgan fingerprint density at radius 3 is 2.67 bits per heavy atom. The van der Waals surface area contributed by atoms with Crippen molar-refractivity contribution in [3.63, 3.8) is 0 Å². The average molecular weight is 308 g/mol. The highest BCUT2D eigenvalue weighted by atomic mass is 32.2. The van der Waals surface area contributed by atoms with Crippen LogP contribution in [0.3, 0.4) is 0 Å².